The van der Waals surface area contributed by atoms with Gasteiger partial charge in [-0.15, -0.1) is 0 Å². The molecule has 1 amide bonds. The van der Waals surface area contributed by atoms with E-state index in [1.807, 2.05) is 73.0 Å². The number of para-hydroxylation sites is 2. The quantitative estimate of drug-likeness (QED) is 0.454. The number of nitrogens with one attached hydrogen (secondary N) is 1. The van der Waals surface area contributed by atoms with Crippen molar-refractivity contribution in [1.29, 1.82) is 0 Å². The molecule has 0 saturated heterocycles. The summed E-state index contributed by atoms with van der Waals surface area (Å²) < 4.78 is 12.8. The lowest BCUT2D eigenvalue weighted by Gasteiger charge is -2.13. The lowest BCUT2D eigenvalue weighted by atomic mass is 10.1. The number of aromatic nitrogens is 2. The van der Waals surface area contributed by atoms with Gasteiger partial charge in [-0.25, -0.2) is 4.98 Å². The van der Waals surface area contributed by atoms with E-state index in [-0.39, 0.29) is 12.5 Å². The van der Waals surface area contributed by atoms with Crippen LogP contribution in [0.5, 0.6) is 11.5 Å². The van der Waals surface area contributed by atoms with Crippen LogP contribution in [0.15, 0.2) is 60.7 Å². The van der Waals surface area contributed by atoms with Crippen molar-refractivity contribution in [3.05, 3.63) is 83.2 Å². The van der Waals surface area contributed by atoms with Crippen molar-refractivity contribution >= 4 is 22.6 Å². The van der Waals surface area contributed by atoms with Gasteiger partial charge >= 0.3 is 0 Å². The van der Waals surface area contributed by atoms with Gasteiger partial charge in [-0.05, 0) is 55.3 Å². The molecule has 1 aromatic heterocycles. The van der Waals surface area contributed by atoms with Crippen LogP contribution in [0.2, 0.25) is 0 Å². The van der Waals surface area contributed by atoms with E-state index in [0.717, 1.165) is 33.7 Å². The maximum Gasteiger partial charge on any atom is 0.244 e. The van der Waals surface area contributed by atoms with Crippen molar-refractivity contribution in [2.24, 2.45) is 0 Å². The van der Waals surface area contributed by atoms with Gasteiger partial charge in [-0.3, -0.25) is 4.79 Å². The maximum atomic E-state index is 13.0. The fourth-order valence-corrected chi connectivity index (χ4v) is 3.90. The van der Waals surface area contributed by atoms with Crippen LogP contribution in [0.4, 0.5) is 5.69 Å². The Hall–Kier alpha value is -3.80. The first-order valence-corrected chi connectivity index (χ1v) is 10.5. The van der Waals surface area contributed by atoms with E-state index in [1.165, 1.54) is 5.56 Å². The zero-order chi connectivity index (χ0) is 22.7. The average Bonchev–Trinajstić information content (AvgIpc) is 3.12. The van der Waals surface area contributed by atoms with E-state index in [4.69, 9.17) is 14.5 Å². The molecule has 164 valence electrons. The summed E-state index contributed by atoms with van der Waals surface area (Å²) in [4.78, 5) is 17.8. The molecule has 1 heterocycles. The number of anilines is 1. The second kappa shape index (κ2) is 9.14. The van der Waals surface area contributed by atoms with Gasteiger partial charge in [0.15, 0.2) is 11.5 Å². The zero-order valence-corrected chi connectivity index (χ0v) is 18.8. The summed E-state index contributed by atoms with van der Waals surface area (Å²) in [5.74, 6) is 2.07. The molecule has 1 N–H and O–H groups in total. The van der Waals surface area contributed by atoms with Gasteiger partial charge in [0.2, 0.25) is 5.91 Å². The normalized spacial score (nSPS) is 10.9. The molecule has 0 aliphatic rings. The van der Waals surface area contributed by atoms with E-state index in [1.54, 1.807) is 14.2 Å². The van der Waals surface area contributed by atoms with Crippen LogP contribution in [0, 0.1) is 13.8 Å². The second-order valence-corrected chi connectivity index (χ2v) is 7.84. The number of imidazole rings is 1. The topological polar surface area (TPSA) is 65.4 Å². The summed E-state index contributed by atoms with van der Waals surface area (Å²) in [5.41, 5.74) is 5.85. The Morgan fingerprint density at radius 3 is 2.50 bits per heavy atom. The van der Waals surface area contributed by atoms with E-state index in [9.17, 15) is 4.79 Å². The molecule has 0 fully saturated rings. The van der Waals surface area contributed by atoms with Crippen LogP contribution in [-0.4, -0.2) is 29.7 Å². The number of hydrogen-bond donors (Lipinski definition) is 1. The highest BCUT2D eigenvalue weighted by Crippen LogP contribution is 2.29. The fraction of sp³-hybridized carbons (Fsp3) is 0.231. The van der Waals surface area contributed by atoms with Gasteiger partial charge in [0.1, 0.15) is 12.4 Å². The van der Waals surface area contributed by atoms with Crippen LogP contribution < -0.4 is 14.8 Å². The third kappa shape index (κ3) is 4.44. The Labute approximate surface area is 187 Å². The Morgan fingerprint density at radius 1 is 0.969 bits per heavy atom. The van der Waals surface area contributed by atoms with Crippen LogP contribution in [0.1, 0.15) is 22.5 Å². The van der Waals surface area contributed by atoms with Crippen LogP contribution in [-0.2, 0) is 17.8 Å². The molecule has 0 saturated carbocycles. The summed E-state index contributed by atoms with van der Waals surface area (Å²) in [6.07, 6.45) is 0.561. The van der Waals surface area contributed by atoms with Crippen LogP contribution in [0.25, 0.3) is 11.0 Å². The third-order valence-corrected chi connectivity index (χ3v) is 5.50. The first kappa shape index (κ1) is 21.4. The molecule has 0 atom stereocenters. The second-order valence-electron chi connectivity index (χ2n) is 7.84. The number of carbonyl (C=O) groups excluding carboxylic acids is 1. The Morgan fingerprint density at radius 2 is 1.75 bits per heavy atom. The van der Waals surface area contributed by atoms with Crippen LogP contribution >= 0.6 is 0 Å². The predicted molar refractivity (Wildman–Crippen MR) is 127 cm³/mol. The van der Waals surface area contributed by atoms with Crippen molar-refractivity contribution in [3.8, 4) is 11.5 Å². The highest BCUT2D eigenvalue weighted by atomic mass is 16.5. The monoisotopic (exact) mass is 429 g/mol. The number of carbonyl (C=O) groups is 1. The molecule has 0 spiro atoms. The lowest BCUT2D eigenvalue weighted by molar-refractivity contribution is -0.116. The van der Waals surface area contributed by atoms with Crippen molar-refractivity contribution in [1.82, 2.24) is 9.55 Å². The average molecular weight is 430 g/mol. The van der Waals surface area contributed by atoms with E-state index < -0.39 is 0 Å². The molecule has 0 aliphatic heterocycles. The molecule has 32 heavy (non-hydrogen) atoms. The van der Waals surface area contributed by atoms with Gasteiger partial charge in [0, 0.05) is 12.1 Å². The summed E-state index contributed by atoms with van der Waals surface area (Å²) in [6.45, 7) is 4.21. The number of amides is 1. The Bertz CT molecular complexity index is 1280. The number of hydrogen-bond acceptors (Lipinski definition) is 4. The number of ether oxygens (including phenoxy) is 2. The Kier molecular flexibility index (Phi) is 6.12. The molecule has 6 heteroatoms. The van der Waals surface area contributed by atoms with Gasteiger partial charge < -0.3 is 19.4 Å². The SMILES string of the molecule is COc1ccc(Cc2nc3ccccc3n2CC(=O)Nc2ccc(C)cc2C)cc1OC. The fourth-order valence-electron chi connectivity index (χ4n) is 3.90. The van der Waals surface area contributed by atoms with Crippen molar-refractivity contribution in [2.75, 3.05) is 19.5 Å². The minimum Gasteiger partial charge on any atom is -0.493 e. The summed E-state index contributed by atoms with van der Waals surface area (Å²) >= 11 is 0. The minimum absolute atomic E-state index is 0.0892. The molecular formula is C26H27N3O3. The molecule has 4 rings (SSSR count). The summed E-state index contributed by atoms with van der Waals surface area (Å²) in [7, 11) is 3.24. The van der Waals surface area contributed by atoms with Crippen molar-refractivity contribution in [2.45, 2.75) is 26.8 Å². The summed E-state index contributed by atoms with van der Waals surface area (Å²) in [6, 6.07) is 19.7. The van der Waals surface area contributed by atoms with Crippen molar-refractivity contribution in [3.63, 3.8) is 0 Å². The molecule has 0 unspecified atom stereocenters. The predicted octanol–water partition coefficient (Wildman–Crippen LogP) is 4.90. The van der Waals surface area contributed by atoms with E-state index in [0.29, 0.717) is 17.9 Å². The number of aryl methyl sites for hydroxylation is 2. The number of rotatable bonds is 7. The molecule has 0 aliphatic carbocycles. The number of fused-ring (bicyclic) bond motifs is 1. The van der Waals surface area contributed by atoms with Gasteiger partial charge in [-0.2, -0.15) is 0 Å². The third-order valence-electron chi connectivity index (χ3n) is 5.50. The Balaban J connectivity index is 1.64. The standard InChI is InChI=1S/C26H27N3O3/c1-17-9-11-20(18(2)13-17)28-26(30)16-29-22-8-6-5-7-21(22)27-25(29)15-19-10-12-23(31-3)24(14-19)32-4/h5-14H,15-16H2,1-4H3,(H,28,30). The maximum absolute atomic E-state index is 13.0. The first-order chi connectivity index (χ1) is 15.5. The highest BCUT2D eigenvalue weighted by Gasteiger charge is 2.16. The number of methoxy groups -OCH3 is 2. The number of benzene rings is 3. The zero-order valence-electron chi connectivity index (χ0n) is 18.8. The largest absolute Gasteiger partial charge is 0.493 e. The van der Waals surface area contributed by atoms with E-state index in [2.05, 4.69) is 11.4 Å². The van der Waals surface area contributed by atoms with Crippen LogP contribution in [0.3, 0.4) is 0 Å². The van der Waals surface area contributed by atoms with Crippen molar-refractivity contribution < 1.29 is 14.3 Å². The highest BCUT2D eigenvalue weighted by molar-refractivity contribution is 5.92. The molecule has 3 aromatic carbocycles. The van der Waals surface area contributed by atoms with Gasteiger partial charge in [-0.1, -0.05) is 35.9 Å². The lowest BCUT2D eigenvalue weighted by Crippen LogP contribution is -2.20. The van der Waals surface area contributed by atoms with Gasteiger partial charge in [0.05, 0.1) is 25.3 Å². The molecule has 0 bridgehead atoms. The number of nitrogens with zero attached hydrogens (tertiary/aromatic N) is 2. The smallest absolute Gasteiger partial charge is 0.244 e. The summed E-state index contributed by atoms with van der Waals surface area (Å²) in [5, 5.41) is 3.04. The molecular weight excluding hydrogens is 402 g/mol. The molecule has 0 radical (unpaired) electrons. The first-order valence-electron chi connectivity index (χ1n) is 10.5. The van der Waals surface area contributed by atoms with E-state index >= 15 is 0 Å². The van der Waals surface area contributed by atoms with Gasteiger partial charge in [0.25, 0.3) is 0 Å². The molecule has 6 nitrogen and oxygen atoms in total. The minimum atomic E-state index is -0.0892. The molecule has 4 aromatic rings.